The lowest BCUT2D eigenvalue weighted by Crippen LogP contribution is -2.39. The fraction of sp³-hybridized carbons (Fsp3) is 0.611. The van der Waals surface area contributed by atoms with Crippen LogP contribution in [0.2, 0.25) is 0 Å². The number of aromatic nitrogens is 4. The summed E-state index contributed by atoms with van der Waals surface area (Å²) in [5.74, 6) is 0.269. The van der Waals surface area contributed by atoms with Crippen molar-refractivity contribution in [2.45, 2.75) is 63.5 Å². The molecule has 2 aliphatic heterocycles. The van der Waals surface area contributed by atoms with Crippen molar-refractivity contribution in [1.29, 1.82) is 0 Å². The van der Waals surface area contributed by atoms with E-state index in [0.717, 1.165) is 11.1 Å². The lowest BCUT2D eigenvalue weighted by molar-refractivity contribution is -0.173. The number of rotatable bonds is 4. The molecule has 0 spiro atoms. The Morgan fingerprint density at radius 1 is 1.39 bits per heavy atom. The first-order valence-electron chi connectivity index (χ1n) is 9.56. The van der Waals surface area contributed by atoms with Crippen LogP contribution in [0.5, 0.6) is 0 Å². The summed E-state index contributed by atoms with van der Waals surface area (Å²) in [6.45, 7) is 2.55. The Morgan fingerprint density at radius 2 is 2.21 bits per heavy atom. The predicted molar refractivity (Wildman–Crippen MR) is 95.6 cm³/mol. The third kappa shape index (κ3) is 3.47. The van der Waals surface area contributed by atoms with Gasteiger partial charge in [0.05, 0.1) is 11.7 Å². The highest BCUT2D eigenvalue weighted by atomic mass is 19.4. The van der Waals surface area contributed by atoms with Gasteiger partial charge >= 0.3 is 6.18 Å². The minimum absolute atomic E-state index is 0.0409. The molecule has 0 aliphatic carbocycles. The van der Waals surface area contributed by atoms with Gasteiger partial charge in [-0.2, -0.15) is 23.4 Å². The summed E-state index contributed by atoms with van der Waals surface area (Å²) < 4.78 is 43.3. The number of nitrogens with one attached hydrogen (secondary N) is 1. The molecule has 4 rings (SSSR count). The van der Waals surface area contributed by atoms with Crippen LogP contribution in [0, 0.1) is 0 Å². The minimum atomic E-state index is -4.36. The van der Waals surface area contributed by atoms with Crippen molar-refractivity contribution >= 4 is 11.7 Å². The van der Waals surface area contributed by atoms with Crippen LogP contribution in [0.25, 0.3) is 0 Å². The minimum Gasteiger partial charge on any atom is -0.367 e. The quantitative estimate of drug-likeness (QED) is 0.862. The second-order valence-corrected chi connectivity index (χ2v) is 7.39. The van der Waals surface area contributed by atoms with E-state index in [-0.39, 0.29) is 31.0 Å². The van der Waals surface area contributed by atoms with Crippen LogP contribution in [-0.2, 0) is 11.3 Å². The zero-order valence-corrected chi connectivity index (χ0v) is 15.6. The number of fused-ring (bicyclic) bond motifs is 1. The summed E-state index contributed by atoms with van der Waals surface area (Å²) in [5.41, 5.74) is 0.514. The van der Waals surface area contributed by atoms with Gasteiger partial charge < -0.3 is 10.2 Å². The first-order valence-corrected chi connectivity index (χ1v) is 9.56. The Balaban J connectivity index is 1.59. The molecular weight excluding hydrogens is 373 g/mol. The van der Waals surface area contributed by atoms with E-state index in [1.165, 1.54) is 0 Å². The highest BCUT2D eigenvalue weighted by molar-refractivity contribution is 5.76. The Kier molecular flexibility index (Phi) is 4.80. The smallest absolute Gasteiger partial charge is 0.367 e. The Morgan fingerprint density at radius 3 is 2.89 bits per heavy atom. The van der Waals surface area contributed by atoms with Gasteiger partial charge in [-0.15, -0.1) is 0 Å². The van der Waals surface area contributed by atoms with Gasteiger partial charge in [-0.05, 0) is 31.7 Å². The van der Waals surface area contributed by atoms with Gasteiger partial charge in [-0.25, -0.2) is 4.68 Å². The molecule has 1 amide bonds. The molecule has 4 heterocycles. The fourth-order valence-electron chi connectivity index (χ4n) is 4.10. The van der Waals surface area contributed by atoms with Gasteiger partial charge in [0.15, 0.2) is 6.04 Å². The number of hydrogen-bond acceptors (Lipinski definition) is 4. The Labute approximate surface area is 160 Å². The summed E-state index contributed by atoms with van der Waals surface area (Å²) >= 11 is 0. The zero-order valence-electron chi connectivity index (χ0n) is 15.6. The van der Waals surface area contributed by atoms with Gasteiger partial charge in [0.2, 0.25) is 5.91 Å². The molecule has 2 aromatic heterocycles. The van der Waals surface area contributed by atoms with Gasteiger partial charge in [0.1, 0.15) is 12.4 Å². The molecule has 7 nitrogen and oxygen atoms in total. The van der Waals surface area contributed by atoms with E-state index < -0.39 is 12.2 Å². The van der Waals surface area contributed by atoms with Crippen LogP contribution < -0.4 is 5.32 Å². The maximum atomic E-state index is 13.6. The van der Waals surface area contributed by atoms with Gasteiger partial charge in [0.25, 0.3) is 0 Å². The van der Waals surface area contributed by atoms with Crippen LogP contribution in [0.3, 0.4) is 0 Å². The third-order valence-electron chi connectivity index (χ3n) is 5.55. The van der Waals surface area contributed by atoms with E-state index >= 15 is 0 Å². The van der Waals surface area contributed by atoms with Gasteiger partial charge in [0, 0.05) is 31.0 Å². The second-order valence-electron chi connectivity index (χ2n) is 7.39. The summed E-state index contributed by atoms with van der Waals surface area (Å²) in [7, 11) is 0. The number of hydrogen-bond donors (Lipinski definition) is 1. The topological polar surface area (TPSA) is 68.0 Å². The highest BCUT2D eigenvalue weighted by Gasteiger charge is 2.46. The number of nitrogens with zero attached hydrogens (tertiary/aromatic N) is 5. The fourth-order valence-corrected chi connectivity index (χ4v) is 4.10. The largest absolute Gasteiger partial charge is 0.410 e. The van der Waals surface area contributed by atoms with Gasteiger partial charge in [-0.1, -0.05) is 6.92 Å². The number of anilines is 1. The molecule has 1 N–H and O–H groups in total. The molecule has 10 heteroatoms. The summed E-state index contributed by atoms with van der Waals surface area (Å²) in [4.78, 5) is 14.4. The molecule has 1 unspecified atom stereocenters. The average molecular weight is 396 g/mol. The highest BCUT2D eigenvalue weighted by Crippen LogP contribution is 2.42. The molecule has 1 fully saturated rings. The molecule has 152 valence electrons. The van der Waals surface area contributed by atoms with Crippen molar-refractivity contribution in [2.24, 2.45) is 0 Å². The van der Waals surface area contributed by atoms with E-state index in [1.807, 2.05) is 6.92 Å². The first-order chi connectivity index (χ1) is 13.4. The maximum Gasteiger partial charge on any atom is 0.410 e. The number of halogens is 3. The number of carbonyl (C=O) groups is 1. The van der Waals surface area contributed by atoms with Crippen LogP contribution in [0.4, 0.5) is 19.0 Å². The van der Waals surface area contributed by atoms with Crippen molar-refractivity contribution in [3.05, 3.63) is 30.2 Å². The van der Waals surface area contributed by atoms with E-state index in [4.69, 9.17) is 0 Å². The Bertz CT molecular complexity index is 831. The molecule has 28 heavy (non-hydrogen) atoms. The summed E-state index contributed by atoms with van der Waals surface area (Å²) in [5, 5.41) is 11.5. The van der Waals surface area contributed by atoms with Crippen molar-refractivity contribution in [1.82, 2.24) is 24.5 Å². The van der Waals surface area contributed by atoms with Crippen LogP contribution in [0.15, 0.2) is 24.5 Å². The molecule has 0 radical (unpaired) electrons. The Hall–Kier alpha value is -2.52. The van der Waals surface area contributed by atoms with E-state index in [0.29, 0.717) is 30.9 Å². The summed E-state index contributed by atoms with van der Waals surface area (Å²) in [6.07, 6.45) is 0.998. The third-order valence-corrected chi connectivity index (χ3v) is 5.55. The second kappa shape index (κ2) is 7.14. The van der Waals surface area contributed by atoms with Crippen LogP contribution in [0.1, 0.15) is 50.4 Å². The molecule has 0 aromatic carbocycles. The lowest BCUT2D eigenvalue weighted by atomic mass is 10.0. The maximum absolute atomic E-state index is 13.6. The number of alkyl halides is 3. The summed E-state index contributed by atoms with van der Waals surface area (Å²) in [6, 6.07) is 1.22. The number of carbonyl (C=O) groups excluding carboxylic acids is 1. The van der Waals surface area contributed by atoms with E-state index in [1.54, 1.807) is 34.1 Å². The molecule has 2 aromatic rings. The molecule has 0 saturated carbocycles. The first kappa shape index (κ1) is 18.8. The normalized spacial score (nSPS) is 24.9. The predicted octanol–water partition coefficient (Wildman–Crippen LogP) is 3.14. The van der Waals surface area contributed by atoms with Crippen molar-refractivity contribution in [3.63, 3.8) is 0 Å². The average Bonchev–Trinajstić information content (AvgIpc) is 3.38. The van der Waals surface area contributed by atoms with Crippen molar-refractivity contribution in [3.8, 4) is 0 Å². The van der Waals surface area contributed by atoms with Crippen LogP contribution >= 0.6 is 0 Å². The number of amides is 1. The van der Waals surface area contributed by atoms with Crippen molar-refractivity contribution in [2.75, 3.05) is 11.9 Å². The monoisotopic (exact) mass is 396 g/mol. The lowest BCUT2D eigenvalue weighted by Gasteiger charge is -2.32. The molecular formula is C18H23F3N6O. The molecule has 0 bridgehead atoms. The zero-order chi connectivity index (χ0) is 19.9. The van der Waals surface area contributed by atoms with E-state index in [2.05, 4.69) is 15.5 Å². The van der Waals surface area contributed by atoms with E-state index in [9.17, 15) is 18.0 Å². The molecule has 1 saturated heterocycles. The van der Waals surface area contributed by atoms with Crippen molar-refractivity contribution < 1.29 is 18.0 Å². The van der Waals surface area contributed by atoms with Crippen LogP contribution in [-0.4, -0.2) is 49.1 Å². The SMILES string of the molecule is CC[C@@H]1C[C@H](C(F)(F)F)n2nc(C3CCCN3C(=O)Cn3cccn3)cc2N1. The standard InChI is InChI=1S/C18H23F3N6O/c1-2-12-9-15(18(19,20)21)27-16(23-12)10-13(24-27)14-5-3-8-26(14)17(28)11-25-7-4-6-22-25/h4,6-7,10,12,14-15,23H,2-3,5,8-9,11H2,1H3/t12-,14?,15-/m1/s1. The molecule has 2 aliphatic rings. The van der Waals surface area contributed by atoms with Gasteiger partial charge in [-0.3, -0.25) is 9.48 Å². The number of likely N-dealkylation sites (tertiary alicyclic amines) is 1. The molecule has 3 atom stereocenters.